The summed E-state index contributed by atoms with van der Waals surface area (Å²) < 4.78 is 0. The minimum atomic E-state index is -0.990. The van der Waals surface area contributed by atoms with Crippen molar-refractivity contribution >= 4 is 23.6 Å². The quantitative estimate of drug-likeness (QED) is 0.469. The largest absolute Gasteiger partial charge is 0.508 e. The van der Waals surface area contributed by atoms with Crippen molar-refractivity contribution in [1.29, 1.82) is 0 Å². The van der Waals surface area contributed by atoms with Crippen molar-refractivity contribution in [1.82, 2.24) is 20.4 Å². The molecule has 3 saturated heterocycles. The number of phenolic OH excluding ortho intramolecular Hbond substituents is 1. The van der Waals surface area contributed by atoms with E-state index in [1.54, 1.807) is 12.1 Å². The Morgan fingerprint density at radius 2 is 1.57 bits per heavy atom. The van der Waals surface area contributed by atoms with Gasteiger partial charge in [0.15, 0.2) is 0 Å². The average molecular weight is 487 g/mol. The second-order valence-corrected chi connectivity index (χ2v) is 10.2. The number of carbonyl (C=O) groups is 4. The number of phenols is 1. The highest BCUT2D eigenvalue weighted by Crippen LogP contribution is 2.25. The zero-order chi connectivity index (χ0) is 25.3. The Labute approximate surface area is 204 Å². The van der Waals surface area contributed by atoms with Crippen LogP contribution in [0.1, 0.15) is 45.1 Å². The molecule has 1 aromatic carbocycles. The number of nitrogens with zero attached hydrogens (tertiary/aromatic N) is 2. The van der Waals surface area contributed by atoms with Gasteiger partial charge in [0.2, 0.25) is 23.6 Å². The molecule has 0 unspecified atom stereocenters. The van der Waals surface area contributed by atoms with Gasteiger partial charge in [0.25, 0.3) is 0 Å². The summed E-state index contributed by atoms with van der Waals surface area (Å²) in [5.41, 5.74) is 0.714. The predicted octanol–water partition coefficient (Wildman–Crippen LogP) is -0.0832. The van der Waals surface area contributed by atoms with Crippen LogP contribution in [0.2, 0.25) is 0 Å². The monoisotopic (exact) mass is 486 g/mol. The van der Waals surface area contributed by atoms with Crippen LogP contribution in [0.25, 0.3) is 0 Å². The van der Waals surface area contributed by atoms with Crippen LogP contribution in [-0.2, 0) is 25.6 Å². The molecule has 3 aliphatic rings. The standard InChI is InChI=1S/C25H34N4O6/c1-14(2)10-18-24(34)28-9-3-4-20(28)22(32)27-19(11-15-5-7-16(30)8-6-15)25(35)29-13-17(31)12-21(29)23(33)26-18/h5-8,14,17-21,30-31H,3-4,9-13H2,1-2H3,(H,26,33)(H,27,32)/t17-,18+,19+,20+,21+/m1/s1. The summed E-state index contributed by atoms with van der Waals surface area (Å²) in [4.78, 5) is 56.6. The summed E-state index contributed by atoms with van der Waals surface area (Å²) in [6.07, 6.45) is 0.860. The number of amides is 4. The molecule has 10 heteroatoms. The van der Waals surface area contributed by atoms with Crippen LogP contribution in [0.3, 0.4) is 0 Å². The Balaban J connectivity index is 1.69. The van der Waals surface area contributed by atoms with Crippen molar-refractivity contribution < 1.29 is 29.4 Å². The lowest BCUT2D eigenvalue weighted by molar-refractivity contribution is -0.147. The van der Waals surface area contributed by atoms with E-state index in [4.69, 9.17) is 0 Å². The molecule has 4 amide bonds. The van der Waals surface area contributed by atoms with Gasteiger partial charge < -0.3 is 30.6 Å². The first-order chi connectivity index (χ1) is 16.6. The molecular formula is C25H34N4O6. The molecule has 4 N–H and O–H groups in total. The molecule has 0 spiro atoms. The molecular weight excluding hydrogens is 452 g/mol. The number of aliphatic hydroxyl groups excluding tert-OH is 1. The molecule has 3 heterocycles. The van der Waals surface area contributed by atoms with E-state index in [1.165, 1.54) is 21.9 Å². The first-order valence-electron chi connectivity index (χ1n) is 12.3. The number of benzene rings is 1. The summed E-state index contributed by atoms with van der Waals surface area (Å²) in [6, 6.07) is 2.87. The van der Waals surface area contributed by atoms with Gasteiger partial charge in [-0.25, -0.2) is 0 Å². The lowest BCUT2D eigenvalue weighted by atomic mass is 10.00. The second-order valence-electron chi connectivity index (χ2n) is 10.2. The van der Waals surface area contributed by atoms with E-state index in [2.05, 4.69) is 10.6 Å². The maximum absolute atomic E-state index is 13.7. The number of aromatic hydroxyl groups is 1. The minimum Gasteiger partial charge on any atom is -0.508 e. The van der Waals surface area contributed by atoms with Crippen molar-refractivity contribution in [2.24, 2.45) is 5.92 Å². The van der Waals surface area contributed by atoms with Crippen LogP contribution < -0.4 is 10.6 Å². The van der Waals surface area contributed by atoms with E-state index >= 15 is 0 Å². The molecule has 10 nitrogen and oxygen atoms in total. The maximum Gasteiger partial charge on any atom is 0.246 e. The fraction of sp³-hybridized carbons (Fsp3) is 0.600. The lowest BCUT2D eigenvalue weighted by Gasteiger charge is -2.34. The number of rotatable bonds is 4. The summed E-state index contributed by atoms with van der Waals surface area (Å²) >= 11 is 0. The topological polar surface area (TPSA) is 139 Å². The molecule has 190 valence electrons. The second kappa shape index (κ2) is 10.2. The zero-order valence-corrected chi connectivity index (χ0v) is 20.1. The third-order valence-electron chi connectivity index (χ3n) is 7.02. The van der Waals surface area contributed by atoms with E-state index in [0.29, 0.717) is 31.4 Å². The van der Waals surface area contributed by atoms with Crippen LogP contribution in [0.15, 0.2) is 24.3 Å². The lowest BCUT2D eigenvalue weighted by Crippen LogP contribution is -2.61. The normalized spacial score (nSPS) is 29.9. The number of hydrogen-bond donors (Lipinski definition) is 4. The number of carbonyl (C=O) groups excluding carboxylic acids is 4. The third kappa shape index (κ3) is 5.42. The molecule has 0 aromatic heterocycles. The Morgan fingerprint density at radius 1 is 0.943 bits per heavy atom. The fourth-order valence-electron chi connectivity index (χ4n) is 5.31. The van der Waals surface area contributed by atoms with Crippen molar-refractivity contribution in [3.8, 4) is 5.75 Å². The highest BCUT2D eigenvalue weighted by atomic mass is 16.3. The van der Waals surface area contributed by atoms with E-state index in [-0.39, 0.29) is 37.0 Å². The first-order valence-corrected chi connectivity index (χ1v) is 12.3. The first kappa shape index (κ1) is 25.0. The van der Waals surface area contributed by atoms with Gasteiger partial charge in [-0.1, -0.05) is 26.0 Å². The van der Waals surface area contributed by atoms with Gasteiger partial charge >= 0.3 is 0 Å². The highest BCUT2D eigenvalue weighted by molar-refractivity contribution is 5.98. The highest BCUT2D eigenvalue weighted by Gasteiger charge is 2.45. The summed E-state index contributed by atoms with van der Waals surface area (Å²) in [7, 11) is 0. The van der Waals surface area contributed by atoms with Gasteiger partial charge in [-0.15, -0.1) is 0 Å². The molecule has 0 saturated carbocycles. The van der Waals surface area contributed by atoms with Crippen LogP contribution in [-0.4, -0.2) is 87.0 Å². The smallest absolute Gasteiger partial charge is 0.246 e. The summed E-state index contributed by atoms with van der Waals surface area (Å²) in [5.74, 6) is -1.43. The van der Waals surface area contributed by atoms with Gasteiger partial charge in [0, 0.05) is 25.9 Å². The predicted molar refractivity (Wildman–Crippen MR) is 126 cm³/mol. The van der Waals surface area contributed by atoms with Crippen molar-refractivity contribution in [2.45, 2.75) is 76.2 Å². The van der Waals surface area contributed by atoms with Gasteiger partial charge in [-0.05, 0) is 42.9 Å². The fourth-order valence-corrected chi connectivity index (χ4v) is 5.31. The summed E-state index contributed by atoms with van der Waals surface area (Å²) in [5, 5.41) is 25.6. The van der Waals surface area contributed by atoms with Gasteiger partial charge in [-0.3, -0.25) is 19.2 Å². The molecule has 3 aliphatic heterocycles. The summed E-state index contributed by atoms with van der Waals surface area (Å²) in [6.45, 7) is 4.28. The van der Waals surface area contributed by atoms with Crippen LogP contribution >= 0.6 is 0 Å². The molecule has 0 bridgehead atoms. The minimum absolute atomic E-state index is 0.0305. The van der Waals surface area contributed by atoms with Gasteiger partial charge in [0.05, 0.1) is 6.10 Å². The van der Waals surface area contributed by atoms with Gasteiger partial charge in [0.1, 0.15) is 29.9 Å². The van der Waals surface area contributed by atoms with E-state index < -0.39 is 48.0 Å². The van der Waals surface area contributed by atoms with Crippen LogP contribution in [0.4, 0.5) is 0 Å². The van der Waals surface area contributed by atoms with E-state index in [9.17, 15) is 29.4 Å². The maximum atomic E-state index is 13.7. The van der Waals surface area contributed by atoms with Crippen LogP contribution in [0.5, 0.6) is 5.75 Å². The molecule has 5 atom stereocenters. The van der Waals surface area contributed by atoms with E-state index in [1.807, 2.05) is 13.8 Å². The molecule has 35 heavy (non-hydrogen) atoms. The Bertz CT molecular complexity index is 981. The number of fused-ring (bicyclic) bond motifs is 2. The van der Waals surface area contributed by atoms with Crippen molar-refractivity contribution in [3.63, 3.8) is 0 Å². The third-order valence-corrected chi connectivity index (χ3v) is 7.02. The van der Waals surface area contributed by atoms with Gasteiger partial charge in [-0.2, -0.15) is 0 Å². The zero-order valence-electron chi connectivity index (χ0n) is 20.1. The number of aliphatic hydroxyl groups is 1. The number of nitrogens with one attached hydrogen (secondary N) is 2. The molecule has 0 radical (unpaired) electrons. The van der Waals surface area contributed by atoms with Crippen LogP contribution in [0, 0.1) is 5.92 Å². The molecule has 0 aliphatic carbocycles. The van der Waals surface area contributed by atoms with Crippen molar-refractivity contribution in [3.05, 3.63) is 29.8 Å². The van der Waals surface area contributed by atoms with E-state index in [0.717, 1.165) is 0 Å². The number of hydrogen-bond acceptors (Lipinski definition) is 6. The SMILES string of the molecule is CC(C)C[C@@H]1NC(=O)[C@@H]2C[C@@H](O)CN2C(=O)[C@H](Cc2ccc(O)cc2)NC(=O)[C@@H]2CCCN2C1=O. The molecule has 1 aromatic rings. The molecule has 4 rings (SSSR count). The molecule has 3 fully saturated rings. The Hall–Kier alpha value is -3.14. The Kier molecular flexibility index (Phi) is 7.30. The van der Waals surface area contributed by atoms with Crippen molar-refractivity contribution in [2.75, 3.05) is 13.1 Å². The Morgan fingerprint density at radius 3 is 2.26 bits per heavy atom. The average Bonchev–Trinajstić information content (AvgIpc) is 3.45.